The Kier molecular flexibility index (Phi) is 5.06. The quantitative estimate of drug-likeness (QED) is 0.804. The smallest absolute Gasteiger partial charge is 0.227 e. The highest BCUT2D eigenvalue weighted by Crippen LogP contribution is 2.27. The van der Waals surface area contributed by atoms with Crippen LogP contribution in [0.3, 0.4) is 0 Å². The molecule has 1 amide bonds. The molecule has 2 saturated heterocycles. The Morgan fingerprint density at radius 3 is 2.81 bits per heavy atom. The summed E-state index contributed by atoms with van der Waals surface area (Å²) < 4.78 is 0. The SMILES string of the molecule is CCC1CC(C)CN1C(=O)C1CCNC1.Cl. The van der Waals surface area contributed by atoms with Gasteiger partial charge in [-0.2, -0.15) is 0 Å². The second kappa shape index (κ2) is 5.87. The van der Waals surface area contributed by atoms with Crippen molar-refractivity contribution in [2.24, 2.45) is 11.8 Å². The van der Waals surface area contributed by atoms with Crippen LogP contribution in [-0.2, 0) is 4.79 Å². The van der Waals surface area contributed by atoms with E-state index in [0.29, 0.717) is 17.9 Å². The molecule has 0 aromatic rings. The molecule has 0 bridgehead atoms. The van der Waals surface area contributed by atoms with Crippen molar-refractivity contribution in [2.45, 2.75) is 39.2 Å². The van der Waals surface area contributed by atoms with Crippen LogP contribution in [0.15, 0.2) is 0 Å². The van der Waals surface area contributed by atoms with Crippen LogP contribution >= 0.6 is 12.4 Å². The number of rotatable bonds is 2. The fourth-order valence-electron chi connectivity index (χ4n) is 2.91. The Morgan fingerprint density at radius 2 is 2.25 bits per heavy atom. The van der Waals surface area contributed by atoms with Gasteiger partial charge in [0.05, 0.1) is 5.92 Å². The van der Waals surface area contributed by atoms with Crippen molar-refractivity contribution in [2.75, 3.05) is 19.6 Å². The Hall–Kier alpha value is -0.280. The normalized spacial score (nSPS) is 33.9. The van der Waals surface area contributed by atoms with Gasteiger partial charge in [0.25, 0.3) is 0 Å². The van der Waals surface area contributed by atoms with Gasteiger partial charge in [-0.05, 0) is 31.7 Å². The van der Waals surface area contributed by atoms with Gasteiger partial charge in [-0.25, -0.2) is 0 Å². The molecular weight excluding hydrogens is 224 g/mol. The number of nitrogens with zero attached hydrogens (tertiary/aromatic N) is 1. The summed E-state index contributed by atoms with van der Waals surface area (Å²) in [4.78, 5) is 14.4. The van der Waals surface area contributed by atoms with E-state index in [2.05, 4.69) is 24.1 Å². The monoisotopic (exact) mass is 246 g/mol. The van der Waals surface area contributed by atoms with E-state index in [-0.39, 0.29) is 18.3 Å². The highest BCUT2D eigenvalue weighted by molar-refractivity contribution is 5.85. The number of carbonyl (C=O) groups is 1. The van der Waals surface area contributed by atoms with Crippen LogP contribution < -0.4 is 5.32 Å². The van der Waals surface area contributed by atoms with E-state index in [1.165, 1.54) is 6.42 Å². The molecule has 0 radical (unpaired) electrons. The van der Waals surface area contributed by atoms with Crippen molar-refractivity contribution in [3.63, 3.8) is 0 Å². The zero-order valence-corrected chi connectivity index (χ0v) is 11.1. The van der Waals surface area contributed by atoms with Crippen molar-refractivity contribution in [3.05, 3.63) is 0 Å². The van der Waals surface area contributed by atoms with Crippen molar-refractivity contribution in [3.8, 4) is 0 Å². The summed E-state index contributed by atoms with van der Waals surface area (Å²) in [5.41, 5.74) is 0. The van der Waals surface area contributed by atoms with Gasteiger partial charge in [-0.1, -0.05) is 13.8 Å². The molecule has 2 fully saturated rings. The van der Waals surface area contributed by atoms with E-state index >= 15 is 0 Å². The third-order valence-corrected chi connectivity index (χ3v) is 3.79. The number of halogens is 1. The molecule has 3 atom stereocenters. The first-order valence-electron chi connectivity index (χ1n) is 6.23. The molecule has 0 saturated carbocycles. The summed E-state index contributed by atoms with van der Waals surface area (Å²) in [6, 6.07) is 0.507. The number of amides is 1. The maximum atomic E-state index is 12.2. The van der Waals surface area contributed by atoms with E-state index in [1.54, 1.807) is 0 Å². The Morgan fingerprint density at radius 1 is 1.50 bits per heavy atom. The molecule has 3 nitrogen and oxygen atoms in total. The lowest BCUT2D eigenvalue weighted by Crippen LogP contribution is -2.40. The van der Waals surface area contributed by atoms with Gasteiger partial charge in [0.15, 0.2) is 0 Å². The first kappa shape index (κ1) is 13.8. The first-order chi connectivity index (χ1) is 7.22. The molecule has 0 spiro atoms. The second-order valence-corrected chi connectivity index (χ2v) is 5.08. The average molecular weight is 247 g/mol. The van der Waals surface area contributed by atoms with Crippen LogP contribution in [0.1, 0.15) is 33.1 Å². The predicted octanol–water partition coefficient (Wildman–Crippen LogP) is 1.66. The lowest BCUT2D eigenvalue weighted by atomic mass is 10.1. The van der Waals surface area contributed by atoms with Crippen LogP contribution in [0.5, 0.6) is 0 Å². The molecule has 94 valence electrons. The van der Waals surface area contributed by atoms with E-state index in [9.17, 15) is 4.79 Å². The Balaban J connectivity index is 0.00000128. The standard InChI is InChI=1S/C12H22N2O.ClH/c1-3-11-6-9(2)8-14(11)12(15)10-4-5-13-7-10;/h9-11,13H,3-8H2,1-2H3;1H. The van der Waals surface area contributed by atoms with E-state index in [0.717, 1.165) is 32.5 Å². The molecule has 2 aliphatic heterocycles. The van der Waals surface area contributed by atoms with Gasteiger partial charge in [-0.3, -0.25) is 4.79 Å². The van der Waals surface area contributed by atoms with Gasteiger partial charge in [0.1, 0.15) is 0 Å². The Bertz CT molecular complexity index is 241. The van der Waals surface area contributed by atoms with Crippen molar-refractivity contribution in [1.29, 1.82) is 0 Å². The molecule has 0 aromatic heterocycles. The summed E-state index contributed by atoms with van der Waals surface area (Å²) in [5.74, 6) is 1.34. The van der Waals surface area contributed by atoms with Crippen molar-refractivity contribution < 1.29 is 4.79 Å². The van der Waals surface area contributed by atoms with Gasteiger partial charge in [0, 0.05) is 19.1 Å². The first-order valence-corrected chi connectivity index (χ1v) is 6.23. The summed E-state index contributed by atoms with van der Waals surface area (Å²) in [7, 11) is 0. The molecule has 16 heavy (non-hydrogen) atoms. The number of likely N-dealkylation sites (tertiary alicyclic amines) is 1. The van der Waals surface area contributed by atoms with Gasteiger partial charge in [0.2, 0.25) is 5.91 Å². The summed E-state index contributed by atoms with van der Waals surface area (Å²) in [5, 5.41) is 3.27. The zero-order chi connectivity index (χ0) is 10.8. The number of nitrogens with one attached hydrogen (secondary N) is 1. The van der Waals surface area contributed by atoms with Crippen LogP contribution in [0.2, 0.25) is 0 Å². The van der Waals surface area contributed by atoms with Gasteiger partial charge < -0.3 is 10.2 Å². The minimum Gasteiger partial charge on any atom is -0.339 e. The van der Waals surface area contributed by atoms with Crippen LogP contribution in [-0.4, -0.2) is 36.5 Å². The van der Waals surface area contributed by atoms with Crippen molar-refractivity contribution in [1.82, 2.24) is 10.2 Å². The van der Waals surface area contributed by atoms with Gasteiger partial charge in [-0.15, -0.1) is 12.4 Å². The largest absolute Gasteiger partial charge is 0.339 e. The lowest BCUT2D eigenvalue weighted by molar-refractivity contribution is -0.135. The second-order valence-electron chi connectivity index (χ2n) is 5.08. The Labute approximate surface area is 104 Å². The van der Waals surface area contributed by atoms with Crippen LogP contribution in [0.4, 0.5) is 0 Å². The summed E-state index contributed by atoms with van der Waals surface area (Å²) in [6.45, 7) is 7.32. The zero-order valence-electron chi connectivity index (χ0n) is 10.2. The van der Waals surface area contributed by atoms with Crippen LogP contribution in [0, 0.1) is 11.8 Å². The maximum Gasteiger partial charge on any atom is 0.227 e. The lowest BCUT2D eigenvalue weighted by Gasteiger charge is -2.26. The molecule has 4 heteroatoms. The van der Waals surface area contributed by atoms with Gasteiger partial charge >= 0.3 is 0 Å². The average Bonchev–Trinajstić information content (AvgIpc) is 2.84. The molecule has 3 unspecified atom stereocenters. The number of carbonyl (C=O) groups excluding carboxylic acids is 1. The molecule has 2 heterocycles. The highest BCUT2D eigenvalue weighted by atomic mass is 35.5. The summed E-state index contributed by atoms with van der Waals surface area (Å²) >= 11 is 0. The predicted molar refractivity (Wildman–Crippen MR) is 67.8 cm³/mol. The van der Waals surface area contributed by atoms with E-state index in [1.807, 2.05) is 0 Å². The molecule has 0 aromatic carbocycles. The van der Waals surface area contributed by atoms with E-state index < -0.39 is 0 Å². The fourth-order valence-corrected chi connectivity index (χ4v) is 2.91. The maximum absolute atomic E-state index is 12.2. The molecule has 2 aliphatic rings. The molecule has 0 aliphatic carbocycles. The van der Waals surface area contributed by atoms with E-state index in [4.69, 9.17) is 0 Å². The number of hydrogen-bond acceptors (Lipinski definition) is 2. The molecule has 1 N–H and O–H groups in total. The molecular formula is C12H23ClN2O. The minimum absolute atomic E-state index is 0. The van der Waals surface area contributed by atoms with Crippen molar-refractivity contribution >= 4 is 18.3 Å². The topological polar surface area (TPSA) is 32.3 Å². The molecule has 2 rings (SSSR count). The number of hydrogen-bond donors (Lipinski definition) is 1. The van der Waals surface area contributed by atoms with Crippen LogP contribution in [0.25, 0.3) is 0 Å². The third-order valence-electron chi connectivity index (χ3n) is 3.79. The minimum atomic E-state index is 0. The summed E-state index contributed by atoms with van der Waals surface area (Å²) in [6.07, 6.45) is 3.33. The highest BCUT2D eigenvalue weighted by Gasteiger charge is 2.35. The third kappa shape index (κ3) is 2.69. The fraction of sp³-hybridized carbons (Fsp3) is 0.917.